The predicted molar refractivity (Wildman–Crippen MR) is 120 cm³/mol. The molecule has 0 aromatic heterocycles. The first-order chi connectivity index (χ1) is 13.7. The topological polar surface area (TPSA) is 98.5 Å². The Labute approximate surface area is 172 Å². The number of likely N-dealkylation sites (N-methyl/N-ethyl adjacent to an activating group) is 1. The lowest BCUT2D eigenvalue weighted by Gasteiger charge is -2.31. The molecule has 0 saturated heterocycles. The first-order valence-electron chi connectivity index (χ1n) is 9.97. The van der Waals surface area contributed by atoms with Gasteiger partial charge in [0.2, 0.25) is 0 Å². The van der Waals surface area contributed by atoms with Crippen molar-refractivity contribution in [1.29, 1.82) is 0 Å². The number of rotatable bonds is 7. The van der Waals surface area contributed by atoms with E-state index in [1.807, 2.05) is 19.3 Å². The van der Waals surface area contributed by atoms with Gasteiger partial charge in [0.25, 0.3) is 0 Å². The Hall–Kier alpha value is -2.32. The van der Waals surface area contributed by atoms with Gasteiger partial charge in [-0.05, 0) is 49.8 Å². The van der Waals surface area contributed by atoms with E-state index in [9.17, 15) is 0 Å². The van der Waals surface area contributed by atoms with Crippen LogP contribution in [0.1, 0.15) is 25.7 Å². The lowest BCUT2D eigenvalue weighted by atomic mass is 9.97. The van der Waals surface area contributed by atoms with Crippen LogP contribution in [0.3, 0.4) is 0 Å². The first-order valence-corrected chi connectivity index (χ1v) is 10.4. The van der Waals surface area contributed by atoms with E-state index in [2.05, 4.69) is 43.7 Å². The van der Waals surface area contributed by atoms with E-state index in [4.69, 9.17) is 18.0 Å². The molecule has 1 aliphatic carbocycles. The van der Waals surface area contributed by atoms with Crippen molar-refractivity contribution in [2.75, 3.05) is 26.7 Å². The summed E-state index contributed by atoms with van der Waals surface area (Å²) in [7, 11) is 1.92. The third-order valence-electron chi connectivity index (χ3n) is 5.14. The maximum Gasteiger partial charge on any atom is 0.172 e. The number of aliphatic imine (C=N–C) groups is 1. The molecular weight excluding hydrogens is 370 g/mol. The quantitative estimate of drug-likeness (QED) is 0.213. The fourth-order valence-electron chi connectivity index (χ4n) is 3.59. The number of thiocarbonyl (C=S) groups is 1. The molecule has 3 rings (SSSR count). The highest BCUT2D eigenvalue weighted by Gasteiger charge is 2.23. The van der Waals surface area contributed by atoms with E-state index in [-0.39, 0.29) is 6.04 Å². The second-order valence-electron chi connectivity index (χ2n) is 7.21. The van der Waals surface area contributed by atoms with Crippen LogP contribution in [-0.4, -0.2) is 50.1 Å². The number of nitrogens with two attached hydrogens (primary N) is 1. The molecule has 0 bridgehead atoms. The largest absolute Gasteiger partial charge is 0.404 e. The zero-order chi connectivity index (χ0) is 19.8. The fraction of sp³-hybridized carbons (Fsp3) is 0.500. The van der Waals surface area contributed by atoms with Crippen molar-refractivity contribution in [3.05, 3.63) is 47.1 Å². The molecule has 152 valence electrons. The van der Waals surface area contributed by atoms with Gasteiger partial charge in [0.05, 0.1) is 12.6 Å². The number of hydrogen-bond acceptors (Lipinski definition) is 6. The molecule has 1 atom stereocenters. The Bertz CT molecular complexity index is 714. The Morgan fingerprint density at radius 2 is 2.18 bits per heavy atom. The van der Waals surface area contributed by atoms with Crippen LogP contribution in [0.4, 0.5) is 0 Å². The van der Waals surface area contributed by atoms with E-state index in [0.717, 1.165) is 42.3 Å². The van der Waals surface area contributed by atoms with Crippen molar-refractivity contribution in [3.8, 4) is 0 Å². The van der Waals surface area contributed by atoms with Crippen LogP contribution >= 0.6 is 12.2 Å². The van der Waals surface area contributed by atoms with E-state index in [1.54, 1.807) is 6.20 Å². The molecule has 0 amide bonds. The van der Waals surface area contributed by atoms with Gasteiger partial charge in [0.15, 0.2) is 5.11 Å². The summed E-state index contributed by atoms with van der Waals surface area (Å²) < 4.78 is 0. The maximum atomic E-state index is 5.84. The number of allylic oxidation sites excluding steroid dienone is 2. The SMILES string of the molecule is CNCCN=CC(=CN)C1=CC2NC(NC(=S)NC3CCCC3)=CC=C2NC1. The van der Waals surface area contributed by atoms with Crippen LogP contribution < -0.4 is 32.3 Å². The molecule has 7 nitrogen and oxygen atoms in total. The highest BCUT2D eigenvalue weighted by Crippen LogP contribution is 2.20. The van der Waals surface area contributed by atoms with Crippen molar-refractivity contribution in [2.24, 2.45) is 10.7 Å². The molecular formula is C20H31N7S. The lowest BCUT2D eigenvalue weighted by Crippen LogP contribution is -2.48. The number of nitrogens with one attached hydrogen (secondary N) is 5. The summed E-state index contributed by atoms with van der Waals surface area (Å²) in [6.07, 6.45) is 14.7. The predicted octanol–water partition coefficient (Wildman–Crippen LogP) is 0.753. The van der Waals surface area contributed by atoms with Crippen LogP contribution in [0, 0.1) is 0 Å². The number of fused-ring (bicyclic) bond motifs is 1. The molecule has 3 aliphatic rings. The molecule has 2 heterocycles. The van der Waals surface area contributed by atoms with Gasteiger partial charge in [0, 0.05) is 42.8 Å². The summed E-state index contributed by atoms with van der Waals surface area (Å²) in [5, 5.41) is 17.4. The van der Waals surface area contributed by atoms with E-state index in [0.29, 0.717) is 11.2 Å². The standard InChI is InChI=1S/C20H31N7S/c1-22-8-9-23-12-15(11-21)14-10-18-17(24-13-14)6-7-19(26-18)27-20(28)25-16-4-2-3-5-16/h6-7,10-12,16,18,22,24,26H,2-5,8-9,13,21H2,1H3,(H2,25,27,28). The molecule has 0 aromatic rings. The highest BCUT2D eigenvalue weighted by atomic mass is 32.1. The van der Waals surface area contributed by atoms with Crippen LogP contribution in [0.15, 0.2) is 52.1 Å². The second kappa shape index (κ2) is 10.3. The van der Waals surface area contributed by atoms with Crippen molar-refractivity contribution < 1.29 is 0 Å². The van der Waals surface area contributed by atoms with Gasteiger partial charge >= 0.3 is 0 Å². The first kappa shape index (κ1) is 20.4. The van der Waals surface area contributed by atoms with Gasteiger partial charge in [-0.15, -0.1) is 0 Å². The van der Waals surface area contributed by atoms with Crippen LogP contribution in [-0.2, 0) is 0 Å². The number of hydrogen-bond donors (Lipinski definition) is 6. The molecule has 0 spiro atoms. The van der Waals surface area contributed by atoms with Crippen LogP contribution in [0.2, 0.25) is 0 Å². The molecule has 1 unspecified atom stereocenters. The number of nitrogens with zero attached hydrogens (tertiary/aromatic N) is 1. The Morgan fingerprint density at radius 1 is 1.36 bits per heavy atom. The zero-order valence-corrected chi connectivity index (χ0v) is 17.2. The minimum Gasteiger partial charge on any atom is -0.404 e. The summed E-state index contributed by atoms with van der Waals surface area (Å²) in [6, 6.07) is 0.545. The van der Waals surface area contributed by atoms with Gasteiger partial charge in [-0.25, -0.2) is 0 Å². The van der Waals surface area contributed by atoms with Crippen molar-refractivity contribution in [1.82, 2.24) is 26.6 Å². The normalized spacial score (nSPS) is 22.5. The van der Waals surface area contributed by atoms with Gasteiger partial charge in [-0.1, -0.05) is 18.9 Å². The average Bonchev–Trinajstić information content (AvgIpc) is 3.20. The summed E-state index contributed by atoms with van der Waals surface area (Å²) >= 11 is 5.47. The van der Waals surface area contributed by atoms with Crippen molar-refractivity contribution >= 4 is 23.5 Å². The lowest BCUT2D eigenvalue weighted by molar-refractivity contribution is 0.606. The summed E-state index contributed by atoms with van der Waals surface area (Å²) in [6.45, 7) is 2.30. The Balaban J connectivity index is 1.59. The van der Waals surface area contributed by atoms with Gasteiger partial charge in [-0.2, -0.15) is 0 Å². The average molecular weight is 402 g/mol. The van der Waals surface area contributed by atoms with E-state index < -0.39 is 0 Å². The molecule has 0 radical (unpaired) electrons. The van der Waals surface area contributed by atoms with Gasteiger partial charge < -0.3 is 32.3 Å². The Morgan fingerprint density at radius 3 is 2.93 bits per heavy atom. The molecule has 7 N–H and O–H groups in total. The molecule has 0 aromatic carbocycles. The van der Waals surface area contributed by atoms with Gasteiger partial charge in [-0.3, -0.25) is 4.99 Å². The summed E-state index contributed by atoms with van der Waals surface area (Å²) in [5.74, 6) is 0.893. The minimum atomic E-state index is 0.0474. The molecule has 2 aliphatic heterocycles. The minimum absolute atomic E-state index is 0.0474. The highest BCUT2D eigenvalue weighted by molar-refractivity contribution is 7.80. The maximum absolute atomic E-state index is 5.84. The van der Waals surface area contributed by atoms with Crippen molar-refractivity contribution in [2.45, 2.75) is 37.8 Å². The molecule has 1 saturated carbocycles. The molecule has 28 heavy (non-hydrogen) atoms. The number of dihydropyridines is 1. The van der Waals surface area contributed by atoms with Crippen LogP contribution in [0.5, 0.6) is 0 Å². The fourth-order valence-corrected chi connectivity index (χ4v) is 3.87. The van der Waals surface area contributed by atoms with Crippen LogP contribution in [0.25, 0.3) is 0 Å². The second-order valence-corrected chi connectivity index (χ2v) is 7.62. The molecule has 8 heteroatoms. The molecule has 1 fully saturated rings. The summed E-state index contributed by atoms with van der Waals surface area (Å²) in [4.78, 5) is 4.43. The third kappa shape index (κ3) is 5.59. The van der Waals surface area contributed by atoms with E-state index >= 15 is 0 Å². The van der Waals surface area contributed by atoms with E-state index in [1.165, 1.54) is 25.7 Å². The smallest absolute Gasteiger partial charge is 0.172 e. The third-order valence-corrected chi connectivity index (χ3v) is 5.36. The zero-order valence-electron chi connectivity index (χ0n) is 16.4. The summed E-state index contributed by atoms with van der Waals surface area (Å²) in [5.41, 5.74) is 9.03. The van der Waals surface area contributed by atoms with Crippen molar-refractivity contribution in [3.63, 3.8) is 0 Å². The Kier molecular flexibility index (Phi) is 7.50. The monoisotopic (exact) mass is 401 g/mol. The van der Waals surface area contributed by atoms with Gasteiger partial charge in [0.1, 0.15) is 5.82 Å².